The van der Waals surface area contributed by atoms with E-state index in [1.807, 2.05) is 41.8 Å². The summed E-state index contributed by atoms with van der Waals surface area (Å²) in [6.45, 7) is 0. The standard InChI is InChI=1S/C13H7N3OS2/c18-8-14-10-5-3-9(4-6-10)13-15-12(16-17-13)11-2-1-7-19-11/h1-7H. The number of isothiocyanates is 1. The van der Waals surface area contributed by atoms with Crippen molar-refractivity contribution < 1.29 is 4.52 Å². The molecule has 0 atom stereocenters. The lowest BCUT2D eigenvalue weighted by Crippen LogP contribution is -1.77. The van der Waals surface area contributed by atoms with E-state index in [0.717, 1.165) is 16.1 Å². The maximum absolute atomic E-state index is 5.25. The fraction of sp³-hybridized carbons (Fsp3) is 0. The Morgan fingerprint density at radius 3 is 2.74 bits per heavy atom. The second kappa shape index (κ2) is 5.24. The summed E-state index contributed by atoms with van der Waals surface area (Å²) in [5, 5.41) is 8.27. The molecule has 0 saturated heterocycles. The van der Waals surface area contributed by atoms with Crippen LogP contribution in [0.3, 0.4) is 0 Å². The van der Waals surface area contributed by atoms with Gasteiger partial charge in [0, 0.05) is 5.56 Å². The third-order valence-electron chi connectivity index (χ3n) is 2.46. The number of benzene rings is 1. The summed E-state index contributed by atoms with van der Waals surface area (Å²) in [6.07, 6.45) is 0. The van der Waals surface area contributed by atoms with Crippen LogP contribution in [0.25, 0.3) is 22.2 Å². The van der Waals surface area contributed by atoms with Crippen LogP contribution >= 0.6 is 23.6 Å². The highest BCUT2D eigenvalue weighted by molar-refractivity contribution is 7.78. The minimum absolute atomic E-state index is 0.487. The largest absolute Gasteiger partial charge is 0.334 e. The van der Waals surface area contributed by atoms with Crippen LogP contribution in [-0.4, -0.2) is 15.3 Å². The number of aliphatic imine (C=N–C) groups is 1. The third kappa shape index (κ3) is 2.51. The highest BCUT2D eigenvalue weighted by atomic mass is 32.1. The van der Waals surface area contributed by atoms with Crippen molar-refractivity contribution in [3.05, 3.63) is 41.8 Å². The van der Waals surface area contributed by atoms with Gasteiger partial charge < -0.3 is 4.52 Å². The minimum atomic E-state index is 0.487. The minimum Gasteiger partial charge on any atom is -0.334 e. The van der Waals surface area contributed by atoms with E-state index in [4.69, 9.17) is 4.52 Å². The fourth-order valence-corrected chi connectivity index (χ4v) is 2.33. The summed E-state index contributed by atoms with van der Waals surface area (Å²) in [5.41, 5.74) is 1.59. The molecule has 0 spiro atoms. The second-order valence-corrected chi connectivity index (χ2v) is 4.78. The van der Waals surface area contributed by atoms with Crippen LogP contribution in [0.5, 0.6) is 0 Å². The second-order valence-electron chi connectivity index (χ2n) is 3.65. The highest BCUT2D eigenvalue weighted by Gasteiger charge is 2.10. The molecule has 0 amide bonds. The van der Waals surface area contributed by atoms with Gasteiger partial charge in [-0.15, -0.1) is 11.3 Å². The number of nitrogens with zero attached hydrogens (tertiary/aromatic N) is 3. The van der Waals surface area contributed by atoms with Crippen LogP contribution in [0.1, 0.15) is 0 Å². The number of aromatic nitrogens is 2. The van der Waals surface area contributed by atoms with Gasteiger partial charge in [0.25, 0.3) is 5.89 Å². The molecule has 2 aromatic heterocycles. The SMILES string of the molecule is S=C=Nc1ccc(-c2nc(-c3cccs3)no2)cc1. The first kappa shape index (κ1) is 11.9. The van der Waals surface area contributed by atoms with E-state index in [0.29, 0.717) is 11.7 Å². The van der Waals surface area contributed by atoms with E-state index < -0.39 is 0 Å². The van der Waals surface area contributed by atoms with Gasteiger partial charge in [-0.25, -0.2) is 0 Å². The van der Waals surface area contributed by atoms with Crippen LogP contribution in [0, 0.1) is 0 Å². The predicted molar refractivity (Wildman–Crippen MR) is 77.7 cm³/mol. The van der Waals surface area contributed by atoms with E-state index in [-0.39, 0.29) is 0 Å². The van der Waals surface area contributed by atoms with Crippen molar-refractivity contribution in [1.82, 2.24) is 10.1 Å². The fourth-order valence-electron chi connectivity index (χ4n) is 1.58. The normalized spacial score (nSPS) is 10.1. The molecular formula is C13H7N3OS2. The molecule has 0 unspecified atom stereocenters. The molecule has 3 aromatic rings. The van der Waals surface area contributed by atoms with Gasteiger partial charge >= 0.3 is 0 Å². The zero-order valence-corrected chi connectivity index (χ0v) is 11.2. The van der Waals surface area contributed by atoms with Crippen molar-refractivity contribution in [2.75, 3.05) is 0 Å². The van der Waals surface area contributed by atoms with Gasteiger partial charge in [-0.2, -0.15) is 9.98 Å². The van der Waals surface area contributed by atoms with Crippen LogP contribution in [0.4, 0.5) is 5.69 Å². The molecule has 3 rings (SSSR count). The summed E-state index contributed by atoms with van der Waals surface area (Å²) in [4.78, 5) is 9.23. The van der Waals surface area contributed by atoms with Crippen molar-refractivity contribution in [3.63, 3.8) is 0 Å². The maximum Gasteiger partial charge on any atom is 0.258 e. The summed E-state index contributed by atoms with van der Waals surface area (Å²) >= 11 is 6.13. The van der Waals surface area contributed by atoms with Crippen LogP contribution in [0.2, 0.25) is 0 Å². The molecule has 6 heteroatoms. The Bertz CT molecular complexity index is 726. The summed E-state index contributed by atoms with van der Waals surface area (Å²) in [5.74, 6) is 1.09. The van der Waals surface area contributed by atoms with Gasteiger partial charge in [0.1, 0.15) is 0 Å². The monoisotopic (exact) mass is 285 g/mol. The molecule has 2 heterocycles. The molecule has 1 aromatic carbocycles. The quantitative estimate of drug-likeness (QED) is 0.534. The molecule has 4 nitrogen and oxygen atoms in total. The topological polar surface area (TPSA) is 51.3 Å². The average molecular weight is 285 g/mol. The summed E-state index contributed by atoms with van der Waals surface area (Å²) < 4.78 is 5.25. The number of rotatable bonds is 3. The van der Waals surface area contributed by atoms with E-state index in [1.165, 1.54) is 0 Å². The number of thiocarbonyl (C=S) groups is 1. The Kier molecular flexibility index (Phi) is 3.29. The van der Waals surface area contributed by atoms with Crippen molar-refractivity contribution in [2.45, 2.75) is 0 Å². The predicted octanol–water partition coefficient (Wildman–Crippen LogP) is 4.20. The number of hydrogen-bond donors (Lipinski definition) is 0. The first-order valence-electron chi connectivity index (χ1n) is 5.43. The highest BCUT2D eigenvalue weighted by Crippen LogP contribution is 2.26. The van der Waals surface area contributed by atoms with Gasteiger partial charge in [-0.05, 0) is 47.9 Å². The smallest absolute Gasteiger partial charge is 0.258 e. The first-order chi connectivity index (χ1) is 9.36. The van der Waals surface area contributed by atoms with Crippen LogP contribution in [-0.2, 0) is 0 Å². The van der Waals surface area contributed by atoms with Gasteiger partial charge in [-0.1, -0.05) is 11.2 Å². The van der Waals surface area contributed by atoms with E-state index in [1.54, 1.807) is 11.3 Å². The third-order valence-corrected chi connectivity index (χ3v) is 3.41. The number of thiophene rings is 1. The Balaban J connectivity index is 1.92. The number of hydrogen-bond acceptors (Lipinski definition) is 6. The maximum atomic E-state index is 5.25. The van der Waals surface area contributed by atoms with E-state index in [9.17, 15) is 0 Å². The van der Waals surface area contributed by atoms with Crippen LogP contribution < -0.4 is 0 Å². The lowest BCUT2D eigenvalue weighted by molar-refractivity contribution is 0.432. The molecule has 0 aliphatic rings. The average Bonchev–Trinajstić information content (AvgIpc) is 3.11. The van der Waals surface area contributed by atoms with Gasteiger partial charge in [0.05, 0.1) is 15.7 Å². The lowest BCUT2D eigenvalue weighted by atomic mass is 10.2. The van der Waals surface area contributed by atoms with Gasteiger partial charge in [-0.3, -0.25) is 0 Å². The lowest BCUT2D eigenvalue weighted by Gasteiger charge is -1.94. The van der Waals surface area contributed by atoms with E-state index >= 15 is 0 Å². The zero-order valence-electron chi connectivity index (χ0n) is 9.61. The van der Waals surface area contributed by atoms with E-state index in [2.05, 4.69) is 32.5 Å². The van der Waals surface area contributed by atoms with Crippen molar-refractivity contribution in [1.29, 1.82) is 0 Å². The van der Waals surface area contributed by atoms with Crippen LogP contribution in [0.15, 0.2) is 51.3 Å². The summed E-state index contributed by atoms with van der Waals surface area (Å²) in [7, 11) is 0. The molecule has 92 valence electrons. The Morgan fingerprint density at radius 1 is 1.21 bits per heavy atom. The van der Waals surface area contributed by atoms with Crippen molar-refractivity contribution in [2.24, 2.45) is 4.99 Å². The molecule has 0 aliphatic heterocycles. The molecule has 0 radical (unpaired) electrons. The summed E-state index contributed by atoms with van der Waals surface area (Å²) in [6, 6.07) is 11.3. The zero-order chi connectivity index (χ0) is 13.1. The molecule has 0 aliphatic carbocycles. The molecular weight excluding hydrogens is 278 g/mol. The van der Waals surface area contributed by atoms with Crippen molar-refractivity contribution >= 4 is 34.4 Å². The van der Waals surface area contributed by atoms with Gasteiger partial charge in [0.15, 0.2) is 0 Å². The van der Waals surface area contributed by atoms with Crippen molar-refractivity contribution in [3.8, 4) is 22.2 Å². The Morgan fingerprint density at radius 2 is 2.05 bits per heavy atom. The van der Waals surface area contributed by atoms with Gasteiger partial charge in [0.2, 0.25) is 5.82 Å². The Hall–Kier alpha value is -2.14. The molecule has 0 fully saturated rings. The molecule has 0 saturated carbocycles. The molecule has 0 N–H and O–H groups in total. The molecule has 19 heavy (non-hydrogen) atoms. The molecule has 0 bridgehead atoms. The Labute approximate surface area is 118 Å². The first-order valence-corrected chi connectivity index (χ1v) is 6.71.